The average molecular weight is 1020 g/mol. The summed E-state index contributed by atoms with van der Waals surface area (Å²) in [6, 6.07) is 0. The Morgan fingerprint density at radius 1 is 0.444 bits per heavy atom. The maximum absolute atomic E-state index is 13.0. The number of aliphatic hydroxyl groups is 7. The number of unbranched alkanes of at least 4 members (excludes halogenated alkanes) is 13. The summed E-state index contributed by atoms with van der Waals surface area (Å²) in [5, 5.41) is 72.1. The van der Waals surface area contributed by atoms with E-state index in [2.05, 4.69) is 80.7 Å². The lowest BCUT2D eigenvalue weighted by Gasteiger charge is -2.42. The van der Waals surface area contributed by atoms with Crippen molar-refractivity contribution in [2.75, 3.05) is 26.4 Å². The highest BCUT2D eigenvalue weighted by Gasteiger charge is 2.47. The number of esters is 2. The molecule has 7 N–H and O–H groups in total. The van der Waals surface area contributed by atoms with Crippen molar-refractivity contribution in [3.05, 3.63) is 85.1 Å². The van der Waals surface area contributed by atoms with Gasteiger partial charge in [-0.1, -0.05) is 163 Å². The quantitative estimate of drug-likeness (QED) is 0.0173. The molecular weight excluding hydrogens is 925 g/mol. The van der Waals surface area contributed by atoms with Gasteiger partial charge in [0.1, 0.15) is 55.4 Å². The molecule has 412 valence electrons. The van der Waals surface area contributed by atoms with Crippen molar-refractivity contribution in [3.8, 4) is 0 Å². The second kappa shape index (κ2) is 43.0. The van der Waals surface area contributed by atoms with Gasteiger partial charge in [0.05, 0.1) is 19.8 Å². The molecule has 0 aromatic rings. The molecule has 2 aliphatic rings. The summed E-state index contributed by atoms with van der Waals surface area (Å²) in [5.41, 5.74) is 0. The van der Waals surface area contributed by atoms with Crippen LogP contribution in [0, 0.1) is 0 Å². The molecule has 0 aliphatic carbocycles. The van der Waals surface area contributed by atoms with E-state index in [1.165, 1.54) is 77.0 Å². The zero-order valence-corrected chi connectivity index (χ0v) is 43.6. The fraction of sp³-hybridized carbons (Fsp3) is 0.719. The third kappa shape index (κ3) is 30.1. The van der Waals surface area contributed by atoms with E-state index in [0.717, 1.165) is 38.5 Å². The van der Waals surface area contributed by atoms with Gasteiger partial charge in [-0.3, -0.25) is 9.59 Å². The van der Waals surface area contributed by atoms with Crippen molar-refractivity contribution in [2.24, 2.45) is 0 Å². The van der Waals surface area contributed by atoms with Crippen LogP contribution in [-0.2, 0) is 38.0 Å². The Kier molecular flexibility index (Phi) is 38.7. The van der Waals surface area contributed by atoms with Crippen molar-refractivity contribution in [1.82, 2.24) is 0 Å². The number of allylic oxidation sites excluding steroid dienone is 14. The Bertz CT molecular complexity index is 1570. The molecule has 2 heterocycles. The van der Waals surface area contributed by atoms with E-state index in [4.69, 9.17) is 28.4 Å². The van der Waals surface area contributed by atoms with Gasteiger partial charge < -0.3 is 64.2 Å². The normalized spacial score (nSPS) is 25.7. The molecule has 4 unspecified atom stereocenters. The monoisotopic (exact) mass is 1020 g/mol. The van der Waals surface area contributed by atoms with Crippen LogP contribution in [-0.4, -0.2) is 142 Å². The fourth-order valence-electron chi connectivity index (χ4n) is 7.88. The van der Waals surface area contributed by atoms with Gasteiger partial charge >= 0.3 is 11.9 Å². The molecule has 0 amide bonds. The van der Waals surface area contributed by atoms with Crippen LogP contribution in [0.1, 0.15) is 168 Å². The lowest BCUT2D eigenvalue weighted by atomic mass is 9.98. The molecule has 15 heteroatoms. The summed E-state index contributed by atoms with van der Waals surface area (Å²) in [6.45, 7) is 2.43. The second-order valence-electron chi connectivity index (χ2n) is 18.7. The van der Waals surface area contributed by atoms with E-state index in [1.54, 1.807) is 0 Å². The summed E-state index contributed by atoms with van der Waals surface area (Å²) in [5.74, 6) is -1.08. The van der Waals surface area contributed by atoms with Gasteiger partial charge in [0.2, 0.25) is 0 Å². The molecule has 0 aromatic heterocycles. The smallest absolute Gasteiger partial charge is 0.306 e. The number of rotatable bonds is 41. The highest BCUT2D eigenvalue weighted by Crippen LogP contribution is 2.26. The minimum absolute atomic E-state index is 0.0289. The van der Waals surface area contributed by atoms with Crippen molar-refractivity contribution >= 4 is 11.9 Å². The van der Waals surface area contributed by atoms with Gasteiger partial charge in [0, 0.05) is 12.8 Å². The summed E-state index contributed by atoms with van der Waals surface area (Å²) in [4.78, 5) is 25.8. The van der Waals surface area contributed by atoms with E-state index in [0.29, 0.717) is 25.7 Å². The summed E-state index contributed by atoms with van der Waals surface area (Å²) in [7, 11) is 0. The molecular formula is C57H94O15. The summed E-state index contributed by atoms with van der Waals surface area (Å²) < 4.78 is 33.5. The highest BCUT2D eigenvalue weighted by molar-refractivity contribution is 5.70. The first-order chi connectivity index (χ1) is 35.0. The van der Waals surface area contributed by atoms with Crippen molar-refractivity contribution in [2.45, 2.75) is 235 Å². The highest BCUT2D eigenvalue weighted by atomic mass is 16.7. The van der Waals surface area contributed by atoms with Crippen molar-refractivity contribution < 1.29 is 73.8 Å². The Hall–Kier alpha value is -3.32. The Balaban J connectivity index is 1.85. The van der Waals surface area contributed by atoms with E-state index < -0.39 is 99.3 Å². The van der Waals surface area contributed by atoms with Crippen LogP contribution in [0.25, 0.3) is 0 Å². The summed E-state index contributed by atoms with van der Waals surface area (Å²) >= 11 is 0. The Labute approximate surface area is 431 Å². The number of hydrogen-bond acceptors (Lipinski definition) is 15. The third-order valence-electron chi connectivity index (χ3n) is 12.4. The van der Waals surface area contributed by atoms with E-state index in [1.807, 2.05) is 18.2 Å². The maximum Gasteiger partial charge on any atom is 0.306 e. The van der Waals surface area contributed by atoms with Crippen LogP contribution in [0.2, 0.25) is 0 Å². The predicted octanol–water partition coefficient (Wildman–Crippen LogP) is 8.38. The molecule has 0 spiro atoms. The molecule has 11 atom stereocenters. The zero-order valence-electron chi connectivity index (χ0n) is 43.6. The van der Waals surface area contributed by atoms with Crippen LogP contribution in [0.4, 0.5) is 0 Å². The van der Waals surface area contributed by atoms with Crippen LogP contribution >= 0.6 is 0 Å². The molecule has 72 heavy (non-hydrogen) atoms. The van der Waals surface area contributed by atoms with Gasteiger partial charge in [-0.05, 0) is 77.0 Å². The number of hydrogen-bond donors (Lipinski definition) is 7. The minimum Gasteiger partial charge on any atom is -0.462 e. The van der Waals surface area contributed by atoms with Gasteiger partial charge in [-0.2, -0.15) is 0 Å². The SMILES string of the molecule is CCCCC/C=C/C/C=C/C/C=C/C/C=C/C/C=C/CCC(=O)O[C@H](COC(=O)CCC/C=C/C/C=C/CCCCCCCCCCC)CO[C@H]1O[C@@H](CO[C@H]2O[C@@H](CO)[C@@H](O)C(O)C2O)[C@@H](O)C(O)C1O. The average Bonchev–Trinajstić information content (AvgIpc) is 3.37. The van der Waals surface area contributed by atoms with Gasteiger partial charge in [0.25, 0.3) is 0 Å². The van der Waals surface area contributed by atoms with Crippen molar-refractivity contribution in [3.63, 3.8) is 0 Å². The first-order valence-electron chi connectivity index (χ1n) is 27.2. The van der Waals surface area contributed by atoms with Crippen LogP contribution in [0.15, 0.2) is 85.1 Å². The van der Waals surface area contributed by atoms with Gasteiger partial charge in [-0.25, -0.2) is 0 Å². The van der Waals surface area contributed by atoms with Crippen LogP contribution < -0.4 is 0 Å². The third-order valence-corrected chi connectivity index (χ3v) is 12.4. The minimum atomic E-state index is -1.79. The van der Waals surface area contributed by atoms with Crippen LogP contribution in [0.3, 0.4) is 0 Å². The molecule has 2 rings (SSSR count). The fourth-order valence-corrected chi connectivity index (χ4v) is 7.88. The number of carbonyl (C=O) groups is 2. The van der Waals surface area contributed by atoms with Gasteiger partial charge in [0.15, 0.2) is 18.7 Å². The molecule has 0 saturated carbocycles. The van der Waals surface area contributed by atoms with E-state index in [9.17, 15) is 45.3 Å². The van der Waals surface area contributed by atoms with Crippen LogP contribution in [0.5, 0.6) is 0 Å². The topological polar surface area (TPSA) is 231 Å². The molecule has 2 saturated heterocycles. The predicted molar refractivity (Wildman–Crippen MR) is 279 cm³/mol. The Morgan fingerprint density at radius 3 is 1.39 bits per heavy atom. The lowest BCUT2D eigenvalue weighted by molar-refractivity contribution is -0.332. The number of carbonyl (C=O) groups excluding carboxylic acids is 2. The molecule has 0 bridgehead atoms. The zero-order chi connectivity index (χ0) is 52.4. The summed E-state index contributed by atoms with van der Waals surface area (Å²) in [6.07, 6.45) is 36.3. The standard InChI is InChI=1S/C57H94O15/c1-3-5-7-9-11-13-15-17-19-21-22-24-26-28-30-32-34-36-38-40-49(60)70-45(42-67-48(59)39-37-35-33-31-29-27-25-23-20-18-16-14-12-10-8-6-4-2)43-68-56-55(66)53(64)51(62)47(72-56)44-69-57-54(65)52(63)50(61)46(41-58)71-57/h11,13,17,19,22,24-25,27-28,30-31,33-34,36,45-47,50-58,61-66H,3-10,12,14-16,18,20-21,23,26,29,32,35,37-44H2,1-2H3/b13-11+,19-17+,24-22+,27-25+,30-28+,33-31+,36-34+/t45-,46+,47+,50-,51-,52?,53?,54?,55?,56+,57+/m1/s1. The maximum atomic E-state index is 13.0. The number of ether oxygens (including phenoxy) is 6. The molecule has 2 fully saturated rings. The van der Waals surface area contributed by atoms with Gasteiger partial charge in [-0.15, -0.1) is 0 Å². The second-order valence-corrected chi connectivity index (χ2v) is 18.7. The first kappa shape index (κ1) is 64.8. The largest absolute Gasteiger partial charge is 0.462 e. The van der Waals surface area contributed by atoms with Crippen molar-refractivity contribution in [1.29, 1.82) is 0 Å². The number of aliphatic hydroxyl groups excluding tert-OH is 7. The molecule has 0 aromatic carbocycles. The Morgan fingerprint density at radius 2 is 0.861 bits per heavy atom. The molecule has 0 radical (unpaired) electrons. The van der Waals surface area contributed by atoms with E-state index in [-0.39, 0.29) is 19.4 Å². The molecule has 2 aliphatic heterocycles. The first-order valence-corrected chi connectivity index (χ1v) is 27.2. The lowest BCUT2D eigenvalue weighted by Crippen LogP contribution is -2.61. The molecule has 15 nitrogen and oxygen atoms in total. The van der Waals surface area contributed by atoms with E-state index >= 15 is 0 Å².